The monoisotopic (exact) mass is 324 g/mol. The van der Waals surface area contributed by atoms with E-state index in [0.29, 0.717) is 12.0 Å². The molecule has 0 N–H and O–H groups in total. The lowest BCUT2D eigenvalue weighted by Crippen LogP contribution is -2.33. The van der Waals surface area contributed by atoms with Crippen molar-refractivity contribution in [3.8, 4) is 0 Å². The van der Waals surface area contributed by atoms with Crippen molar-refractivity contribution in [3.63, 3.8) is 0 Å². The third kappa shape index (κ3) is 4.97. The summed E-state index contributed by atoms with van der Waals surface area (Å²) in [4.78, 5) is 25.7. The van der Waals surface area contributed by atoms with Gasteiger partial charge in [-0.2, -0.15) is 4.79 Å². The molecule has 1 rings (SSSR count). The maximum Gasteiger partial charge on any atom is 0.339 e. The Labute approximate surface area is 143 Å². The molecular weight excluding hydrogens is 300 g/mol. The van der Waals surface area contributed by atoms with Crippen molar-refractivity contribution < 1.29 is 14.4 Å². The van der Waals surface area contributed by atoms with Crippen LogP contribution < -0.4 is 0 Å². The molecule has 0 amide bonds. The van der Waals surface area contributed by atoms with Gasteiger partial charge in [-0.05, 0) is 38.0 Å². The lowest BCUT2D eigenvalue weighted by atomic mass is 9.71. The van der Waals surface area contributed by atoms with E-state index in [4.69, 9.17) is 5.53 Å². The van der Waals surface area contributed by atoms with E-state index >= 15 is 0 Å². The fraction of sp³-hybridized carbons (Fsp3) is 0.350. The molecule has 0 unspecified atom stereocenters. The van der Waals surface area contributed by atoms with Crippen LogP contribution in [0.2, 0.25) is 0 Å². The second-order valence-corrected chi connectivity index (χ2v) is 6.63. The van der Waals surface area contributed by atoms with Crippen LogP contribution in [0.1, 0.15) is 41.0 Å². The summed E-state index contributed by atoms with van der Waals surface area (Å²) in [6.07, 6.45) is 12.3. The molecule has 126 valence electrons. The number of aldehydes is 1. The highest BCUT2D eigenvalue weighted by molar-refractivity contribution is 6.44. The summed E-state index contributed by atoms with van der Waals surface area (Å²) in [5.41, 5.74) is 12.4. The zero-order valence-corrected chi connectivity index (χ0v) is 15.0. The summed E-state index contributed by atoms with van der Waals surface area (Å²) < 4.78 is 0. The number of Topliss-reactive ketones (excluding diaryl/α,β-unsaturated/α-hetero) is 1. The number of ketones is 1. The van der Waals surface area contributed by atoms with Crippen LogP contribution >= 0.6 is 0 Å². The average molecular weight is 324 g/mol. The molecular formula is C20H24N2O2. The molecule has 0 aromatic carbocycles. The van der Waals surface area contributed by atoms with Gasteiger partial charge in [-0.3, -0.25) is 9.59 Å². The molecule has 0 aromatic rings. The first-order valence-corrected chi connectivity index (χ1v) is 7.85. The molecule has 24 heavy (non-hydrogen) atoms. The van der Waals surface area contributed by atoms with Crippen LogP contribution in [0.5, 0.6) is 0 Å². The molecule has 0 aliphatic heterocycles. The van der Waals surface area contributed by atoms with Gasteiger partial charge in [0.05, 0.1) is 6.42 Å². The van der Waals surface area contributed by atoms with Gasteiger partial charge in [0, 0.05) is 11.0 Å². The molecule has 0 fully saturated rings. The third-order valence-electron chi connectivity index (χ3n) is 4.03. The van der Waals surface area contributed by atoms with Gasteiger partial charge in [0.15, 0.2) is 0 Å². The molecule has 0 saturated heterocycles. The second kappa shape index (κ2) is 8.32. The minimum absolute atomic E-state index is 0.201. The largest absolute Gasteiger partial charge is 0.361 e. The van der Waals surface area contributed by atoms with Crippen LogP contribution in [0.4, 0.5) is 0 Å². The third-order valence-corrected chi connectivity index (χ3v) is 4.03. The van der Waals surface area contributed by atoms with Crippen LogP contribution in [0, 0.1) is 5.41 Å². The van der Waals surface area contributed by atoms with E-state index in [-0.39, 0.29) is 16.9 Å². The zero-order valence-electron chi connectivity index (χ0n) is 15.0. The lowest BCUT2D eigenvalue weighted by Gasteiger charge is -2.29. The fourth-order valence-electron chi connectivity index (χ4n) is 2.66. The molecule has 4 nitrogen and oxygen atoms in total. The summed E-state index contributed by atoms with van der Waals surface area (Å²) in [6.45, 7) is 9.64. The molecule has 0 radical (unpaired) electrons. The first kappa shape index (κ1) is 19.5. The van der Waals surface area contributed by atoms with Crippen molar-refractivity contribution in [2.75, 3.05) is 0 Å². The van der Waals surface area contributed by atoms with Crippen molar-refractivity contribution in [3.05, 3.63) is 64.3 Å². The SMILES string of the molecule is CC(C=CC=C(C)C=CC1=C(C)C(=O)C(=[N+]=[N-])CC1(C)C)=CC=O. The van der Waals surface area contributed by atoms with Gasteiger partial charge in [0.2, 0.25) is 0 Å². The molecule has 1 aliphatic rings. The standard InChI is InChI=1S/C20H24N2O2/c1-14(7-6-8-15(2)11-12-23)9-10-17-16(3)19(24)18(22-21)13-20(17,4)5/h6-12H,13H2,1-5H3. The van der Waals surface area contributed by atoms with E-state index in [2.05, 4.69) is 4.79 Å². The Kier molecular flexibility index (Phi) is 6.75. The van der Waals surface area contributed by atoms with Gasteiger partial charge in [0.1, 0.15) is 6.29 Å². The molecule has 0 aromatic heterocycles. The number of hydrogen-bond acceptors (Lipinski definition) is 2. The Morgan fingerprint density at radius 1 is 1.17 bits per heavy atom. The summed E-state index contributed by atoms with van der Waals surface area (Å²) in [7, 11) is 0. The minimum Gasteiger partial charge on any atom is -0.361 e. The highest BCUT2D eigenvalue weighted by atomic mass is 16.1. The molecule has 4 heteroatoms. The Hall–Kier alpha value is -2.58. The van der Waals surface area contributed by atoms with Crippen LogP contribution in [-0.2, 0) is 9.59 Å². The Morgan fingerprint density at radius 2 is 1.79 bits per heavy atom. The predicted octanol–water partition coefficient (Wildman–Crippen LogP) is 4.18. The summed E-state index contributed by atoms with van der Waals surface area (Å²) in [5.74, 6) is -0.201. The van der Waals surface area contributed by atoms with E-state index in [1.165, 1.54) is 6.08 Å². The zero-order chi connectivity index (χ0) is 18.3. The van der Waals surface area contributed by atoms with Gasteiger partial charge >= 0.3 is 5.71 Å². The molecule has 1 aliphatic carbocycles. The second-order valence-electron chi connectivity index (χ2n) is 6.63. The maximum absolute atomic E-state index is 12.2. The summed E-state index contributed by atoms with van der Waals surface area (Å²) in [5, 5.41) is 0. The highest BCUT2D eigenvalue weighted by Gasteiger charge is 2.39. The van der Waals surface area contributed by atoms with Crippen LogP contribution in [0.15, 0.2) is 58.7 Å². The number of rotatable bonds is 5. The first-order chi connectivity index (χ1) is 11.2. The molecule has 0 bridgehead atoms. The van der Waals surface area contributed by atoms with Crippen molar-refractivity contribution in [2.45, 2.75) is 41.0 Å². The number of carbonyl (C=O) groups excluding carboxylic acids is 2. The Balaban J connectivity index is 3.05. The van der Waals surface area contributed by atoms with Gasteiger partial charge in [-0.15, -0.1) is 0 Å². The smallest absolute Gasteiger partial charge is 0.339 e. The normalized spacial score (nSPS) is 19.4. The van der Waals surface area contributed by atoms with Crippen molar-refractivity contribution in [1.29, 1.82) is 0 Å². The van der Waals surface area contributed by atoms with Crippen LogP contribution in [0.3, 0.4) is 0 Å². The minimum atomic E-state index is -0.268. The van der Waals surface area contributed by atoms with Crippen molar-refractivity contribution in [2.24, 2.45) is 5.41 Å². The topological polar surface area (TPSA) is 70.5 Å². The lowest BCUT2D eigenvalue weighted by molar-refractivity contribution is -0.115. The van der Waals surface area contributed by atoms with Gasteiger partial charge in [0.25, 0.3) is 5.78 Å². The van der Waals surface area contributed by atoms with Crippen LogP contribution in [-0.4, -0.2) is 22.6 Å². The van der Waals surface area contributed by atoms with Gasteiger partial charge < -0.3 is 5.53 Å². The average Bonchev–Trinajstić information content (AvgIpc) is 2.50. The van der Waals surface area contributed by atoms with Crippen molar-refractivity contribution in [1.82, 2.24) is 0 Å². The summed E-state index contributed by atoms with van der Waals surface area (Å²) in [6, 6.07) is 0. The number of hydrogen-bond donors (Lipinski definition) is 0. The summed E-state index contributed by atoms with van der Waals surface area (Å²) >= 11 is 0. The Morgan fingerprint density at radius 3 is 2.38 bits per heavy atom. The quantitative estimate of drug-likeness (QED) is 0.250. The highest BCUT2D eigenvalue weighted by Crippen LogP contribution is 2.38. The van der Waals surface area contributed by atoms with E-state index in [1.54, 1.807) is 6.92 Å². The molecule has 0 heterocycles. The molecule has 0 spiro atoms. The van der Waals surface area contributed by atoms with Crippen LogP contribution in [0.25, 0.3) is 5.53 Å². The predicted molar refractivity (Wildman–Crippen MR) is 96.6 cm³/mol. The fourth-order valence-corrected chi connectivity index (χ4v) is 2.66. The number of allylic oxidation sites excluding steroid dienone is 10. The van der Waals surface area contributed by atoms with E-state index in [9.17, 15) is 9.59 Å². The first-order valence-electron chi connectivity index (χ1n) is 7.85. The van der Waals surface area contributed by atoms with E-state index < -0.39 is 0 Å². The van der Waals surface area contributed by atoms with Crippen molar-refractivity contribution >= 4 is 17.8 Å². The molecule has 0 atom stereocenters. The Bertz CT molecular complexity index is 738. The van der Waals surface area contributed by atoms with E-state index in [1.807, 2.05) is 58.1 Å². The van der Waals surface area contributed by atoms with Gasteiger partial charge in [-0.1, -0.05) is 49.8 Å². The van der Waals surface area contributed by atoms with Gasteiger partial charge in [-0.25, -0.2) is 0 Å². The molecule has 0 saturated carbocycles. The maximum atomic E-state index is 12.2. The number of carbonyl (C=O) groups is 2. The number of nitrogens with zero attached hydrogens (tertiary/aromatic N) is 2. The van der Waals surface area contributed by atoms with E-state index in [0.717, 1.165) is 23.0 Å².